The normalized spacial score (nSPS) is 20.4. The molecule has 1 amide bonds. The van der Waals surface area contributed by atoms with Gasteiger partial charge in [0.2, 0.25) is 0 Å². The first-order valence-corrected chi connectivity index (χ1v) is 8.38. The summed E-state index contributed by atoms with van der Waals surface area (Å²) in [4.78, 5) is 26.8. The summed E-state index contributed by atoms with van der Waals surface area (Å²) in [5, 5.41) is 3.00. The Morgan fingerprint density at radius 3 is 2.65 bits per heavy atom. The minimum absolute atomic E-state index is 0.0775. The predicted molar refractivity (Wildman–Crippen MR) is 91.4 cm³/mol. The minimum Gasteiger partial charge on any atom is -0.378 e. The number of ketones is 1. The number of benzene rings is 2. The van der Waals surface area contributed by atoms with Gasteiger partial charge in [-0.25, -0.2) is 8.78 Å². The third kappa shape index (κ3) is 2.87. The SMILES string of the molecule is O=C(/C=C1\NCC2c3ccccc3CCN2C1=O)c1cc(F)cc(F)c1. The van der Waals surface area contributed by atoms with Crippen LogP contribution in [0, 0.1) is 11.6 Å². The van der Waals surface area contributed by atoms with E-state index in [0.29, 0.717) is 19.2 Å². The number of nitrogens with zero attached hydrogens (tertiary/aromatic N) is 1. The fraction of sp³-hybridized carbons (Fsp3) is 0.200. The first-order chi connectivity index (χ1) is 12.5. The topological polar surface area (TPSA) is 49.4 Å². The molecule has 4 nitrogen and oxygen atoms in total. The molecule has 0 aliphatic carbocycles. The van der Waals surface area contributed by atoms with Crippen LogP contribution in [-0.4, -0.2) is 29.7 Å². The Balaban J connectivity index is 1.60. The van der Waals surface area contributed by atoms with Crippen LogP contribution >= 0.6 is 0 Å². The highest BCUT2D eigenvalue weighted by molar-refractivity contribution is 6.09. The summed E-state index contributed by atoms with van der Waals surface area (Å²) < 4.78 is 26.6. The monoisotopic (exact) mass is 354 g/mol. The van der Waals surface area contributed by atoms with Crippen molar-refractivity contribution in [3.8, 4) is 0 Å². The molecule has 2 aromatic carbocycles. The lowest BCUT2D eigenvalue weighted by Gasteiger charge is -2.41. The number of amides is 1. The fourth-order valence-corrected chi connectivity index (χ4v) is 3.58. The van der Waals surface area contributed by atoms with Crippen LogP contribution in [0.4, 0.5) is 8.78 Å². The second-order valence-electron chi connectivity index (χ2n) is 6.42. The van der Waals surface area contributed by atoms with Crippen molar-refractivity contribution in [2.75, 3.05) is 13.1 Å². The molecule has 26 heavy (non-hydrogen) atoms. The number of fused-ring (bicyclic) bond motifs is 3. The van der Waals surface area contributed by atoms with Crippen LogP contribution in [0.25, 0.3) is 0 Å². The lowest BCUT2D eigenvalue weighted by molar-refractivity contribution is -0.132. The number of piperazine rings is 1. The van der Waals surface area contributed by atoms with E-state index >= 15 is 0 Å². The second-order valence-corrected chi connectivity index (χ2v) is 6.42. The van der Waals surface area contributed by atoms with Crippen molar-refractivity contribution in [3.63, 3.8) is 0 Å². The van der Waals surface area contributed by atoms with Crippen LogP contribution in [0.5, 0.6) is 0 Å². The van der Waals surface area contributed by atoms with Crippen molar-refractivity contribution in [2.45, 2.75) is 12.5 Å². The third-order valence-electron chi connectivity index (χ3n) is 4.81. The van der Waals surface area contributed by atoms with E-state index < -0.39 is 17.4 Å². The van der Waals surface area contributed by atoms with Gasteiger partial charge in [-0.3, -0.25) is 9.59 Å². The predicted octanol–water partition coefficient (Wildman–Crippen LogP) is 2.76. The van der Waals surface area contributed by atoms with E-state index in [1.54, 1.807) is 4.90 Å². The molecular formula is C20H16F2N2O2. The molecule has 0 saturated carbocycles. The number of allylic oxidation sites excluding steroid dienone is 1. The first kappa shape index (κ1) is 16.4. The Labute approximate surface area is 149 Å². The number of hydrogen-bond donors (Lipinski definition) is 1. The van der Waals surface area contributed by atoms with Crippen LogP contribution in [0.3, 0.4) is 0 Å². The van der Waals surface area contributed by atoms with Gasteiger partial charge in [0.1, 0.15) is 17.3 Å². The molecule has 1 unspecified atom stereocenters. The van der Waals surface area contributed by atoms with Gasteiger partial charge in [-0.1, -0.05) is 24.3 Å². The van der Waals surface area contributed by atoms with E-state index in [4.69, 9.17) is 0 Å². The van der Waals surface area contributed by atoms with E-state index in [1.165, 1.54) is 5.56 Å². The van der Waals surface area contributed by atoms with Gasteiger partial charge < -0.3 is 10.2 Å². The maximum atomic E-state index is 13.3. The van der Waals surface area contributed by atoms with Crippen molar-refractivity contribution in [2.24, 2.45) is 0 Å². The van der Waals surface area contributed by atoms with Gasteiger partial charge >= 0.3 is 0 Å². The van der Waals surface area contributed by atoms with Gasteiger partial charge in [0.15, 0.2) is 5.78 Å². The standard InChI is InChI=1S/C20H16F2N2O2/c21-14-7-13(8-15(22)9-14)19(25)10-17-20(26)24-6-5-12-3-1-2-4-16(12)18(24)11-23-17/h1-4,7-10,18,23H,5-6,11H2/b17-10-. The Morgan fingerprint density at radius 1 is 1.15 bits per heavy atom. The van der Waals surface area contributed by atoms with Gasteiger partial charge in [-0.15, -0.1) is 0 Å². The minimum atomic E-state index is -0.831. The van der Waals surface area contributed by atoms with Crippen molar-refractivity contribution >= 4 is 11.7 Å². The Kier molecular flexibility index (Phi) is 4.03. The smallest absolute Gasteiger partial charge is 0.270 e. The number of rotatable bonds is 2. The van der Waals surface area contributed by atoms with Gasteiger partial charge in [0, 0.05) is 30.8 Å². The maximum absolute atomic E-state index is 13.3. The number of carbonyl (C=O) groups excluding carboxylic acids is 2. The Morgan fingerprint density at radius 2 is 1.88 bits per heavy atom. The lowest BCUT2D eigenvalue weighted by atomic mass is 9.90. The summed E-state index contributed by atoms with van der Waals surface area (Å²) in [6.45, 7) is 1.06. The number of hydrogen-bond acceptors (Lipinski definition) is 3. The molecule has 0 radical (unpaired) electrons. The summed E-state index contributed by atoms with van der Waals surface area (Å²) in [5.74, 6) is -2.55. The molecule has 132 valence electrons. The van der Waals surface area contributed by atoms with Crippen LogP contribution in [0.15, 0.2) is 54.2 Å². The molecule has 0 bridgehead atoms. The molecule has 1 atom stereocenters. The zero-order valence-corrected chi connectivity index (χ0v) is 13.8. The summed E-state index contributed by atoms with van der Waals surface area (Å²) in [6, 6.07) is 10.5. The highest BCUT2D eigenvalue weighted by Gasteiger charge is 2.36. The molecule has 1 N–H and O–H groups in total. The first-order valence-electron chi connectivity index (χ1n) is 8.38. The molecular weight excluding hydrogens is 338 g/mol. The zero-order chi connectivity index (χ0) is 18.3. The molecule has 2 aliphatic heterocycles. The second kappa shape index (κ2) is 6.37. The van der Waals surface area contributed by atoms with Crippen molar-refractivity contribution in [1.29, 1.82) is 0 Å². The van der Waals surface area contributed by atoms with Gasteiger partial charge in [-0.05, 0) is 29.7 Å². The summed E-state index contributed by atoms with van der Waals surface area (Å²) in [5.41, 5.74) is 2.35. The van der Waals surface area contributed by atoms with E-state index in [9.17, 15) is 18.4 Å². The Hall–Kier alpha value is -3.02. The molecule has 1 fully saturated rings. The average molecular weight is 354 g/mol. The summed E-state index contributed by atoms with van der Waals surface area (Å²) in [7, 11) is 0. The average Bonchev–Trinajstić information content (AvgIpc) is 2.63. The van der Waals surface area contributed by atoms with Crippen molar-refractivity contribution in [3.05, 3.63) is 82.6 Å². The molecule has 2 aromatic rings. The van der Waals surface area contributed by atoms with Crippen molar-refractivity contribution in [1.82, 2.24) is 10.2 Å². The summed E-state index contributed by atoms with van der Waals surface area (Å²) >= 11 is 0. The highest BCUT2D eigenvalue weighted by Crippen LogP contribution is 2.32. The maximum Gasteiger partial charge on any atom is 0.270 e. The van der Waals surface area contributed by atoms with Crippen molar-refractivity contribution < 1.29 is 18.4 Å². The number of carbonyl (C=O) groups is 2. The van der Waals surface area contributed by atoms with Gasteiger partial charge in [-0.2, -0.15) is 0 Å². The van der Waals surface area contributed by atoms with E-state index in [0.717, 1.165) is 30.2 Å². The van der Waals surface area contributed by atoms with E-state index in [2.05, 4.69) is 11.4 Å². The largest absolute Gasteiger partial charge is 0.378 e. The molecule has 1 saturated heterocycles. The molecule has 2 heterocycles. The van der Waals surface area contributed by atoms with E-state index in [-0.39, 0.29) is 23.2 Å². The third-order valence-corrected chi connectivity index (χ3v) is 4.81. The van der Waals surface area contributed by atoms with Crippen LogP contribution in [0.1, 0.15) is 27.5 Å². The van der Waals surface area contributed by atoms with Crippen LogP contribution in [0.2, 0.25) is 0 Å². The molecule has 0 aromatic heterocycles. The summed E-state index contributed by atoms with van der Waals surface area (Å²) in [6.07, 6.45) is 1.88. The van der Waals surface area contributed by atoms with Crippen LogP contribution < -0.4 is 5.32 Å². The number of nitrogens with one attached hydrogen (secondary N) is 1. The quantitative estimate of drug-likeness (QED) is 0.666. The Bertz CT molecular complexity index is 919. The highest BCUT2D eigenvalue weighted by atomic mass is 19.1. The molecule has 0 spiro atoms. The molecule has 4 rings (SSSR count). The van der Waals surface area contributed by atoms with Gasteiger partial charge in [0.05, 0.1) is 6.04 Å². The number of halogens is 2. The zero-order valence-electron chi connectivity index (χ0n) is 13.8. The van der Waals surface area contributed by atoms with E-state index in [1.807, 2.05) is 18.2 Å². The molecule has 2 aliphatic rings. The molecule has 6 heteroatoms. The van der Waals surface area contributed by atoms with Gasteiger partial charge in [0.25, 0.3) is 5.91 Å². The lowest BCUT2D eigenvalue weighted by Crippen LogP contribution is -2.51. The van der Waals surface area contributed by atoms with Crippen LogP contribution in [-0.2, 0) is 11.2 Å². The fourth-order valence-electron chi connectivity index (χ4n) is 3.58.